The summed E-state index contributed by atoms with van der Waals surface area (Å²) in [5, 5.41) is 0. The normalized spacial score (nSPS) is 16.9. The number of likely N-dealkylation sites (tertiary alicyclic amines) is 1. The van der Waals surface area contributed by atoms with Crippen molar-refractivity contribution in [3.63, 3.8) is 0 Å². The predicted octanol–water partition coefficient (Wildman–Crippen LogP) is 3.46. The molecular weight excluding hydrogens is 361 g/mol. The molecule has 3 heterocycles. The molecule has 0 unspecified atom stereocenters. The molecule has 1 atom stereocenters. The number of rotatable bonds is 4. The van der Waals surface area contributed by atoms with Crippen molar-refractivity contribution in [2.24, 2.45) is 0 Å². The van der Waals surface area contributed by atoms with E-state index < -0.39 is 0 Å². The molecule has 3 aromatic rings. The van der Waals surface area contributed by atoms with Crippen LogP contribution < -0.4 is 5.56 Å². The van der Waals surface area contributed by atoms with E-state index in [4.69, 9.17) is 4.42 Å². The van der Waals surface area contributed by atoms with Gasteiger partial charge < -0.3 is 14.3 Å². The van der Waals surface area contributed by atoms with Gasteiger partial charge in [-0.2, -0.15) is 0 Å². The van der Waals surface area contributed by atoms with Gasteiger partial charge in [-0.05, 0) is 43.0 Å². The number of piperidine rings is 1. The third-order valence-electron chi connectivity index (χ3n) is 4.89. The van der Waals surface area contributed by atoms with Crippen LogP contribution in [0.5, 0.6) is 0 Å². The van der Waals surface area contributed by atoms with Crippen LogP contribution in [0.4, 0.5) is 4.39 Å². The predicted molar refractivity (Wildman–Crippen MR) is 100 cm³/mol. The van der Waals surface area contributed by atoms with E-state index in [1.165, 1.54) is 18.2 Å². The Bertz CT molecular complexity index is 1040. The van der Waals surface area contributed by atoms with Crippen LogP contribution in [0.15, 0.2) is 57.9 Å². The summed E-state index contributed by atoms with van der Waals surface area (Å²) in [5.41, 5.74) is 0.736. The Morgan fingerprint density at radius 3 is 2.93 bits per heavy atom. The van der Waals surface area contributed by atoms with E-state index >= 15 is 0 Å². The summed E-state index contributed by atoms with van der Waals surface area (Å²) >= 11 is 0. The molecule has 7 heteroatoms. The van der Waals surface area contributed by atoms with Gasteiger partial charge in [-0.15, -0.1) is 0 Å². The zero-order valence-corrected chi connectivity index (χ0v) is 15.2. The Morgan fingerprint density at radius 2 is 2.11 bits per heavy atom. The van der Waals surface area contributed by atoms with Gasteiger partial charge in [0.1, 0.15) is 23.3 Å². The number of aromatic nitrogens is 2. The maximum atomic E-state index is 13.4. The Balaban J connectivity index is 1.55. The summed E-state index contributed by atoms with van der Waals surface area (Å²) in [4.78, 5) is 33.1. The maximum Gasteiger partial charge on any atom is 0.271 e. The molecular formula is C21H20FN3O3. The number of carbonyl (C=O) groups is 1. The van der Waals surface area contributed by atoms with E-state index in [1.54, 1.807) is 29.3 Å². The molecule has 1 aliphatic heterocycles. The first-order valence-corrected chi connectivity index (χ1v) is 9.29. The lowest BCUT2D eigenvalue weighted by atomic mass is 10.0. The highest BCUT2D eigenvalue weighted by Crippen LogP contribution is 2.32. The van der Waals surface area contributed by atoms with Gasteiger partial charge in [0.15, 0.2) is 0 Å². The topological polar surface area (TPSA) is 79.2 Å². The van der Waals surface area contributed by atoms with Crippen molar-refractivity contribution < 1.29 is 13.6 Å². The van der Waals surface area contributed by atoms with Gasteiger partial charge in [0, 0.05) is 19.0 Å². The number of hydrogen-bond donors (Lipinski definition) is 1. The number of nitrogens with zero attached hydrogens (tertiary/aromatic N) is 2. The first kappa shape index (κ1) is 18.2. The minimum absolute atomic E-state index is 0.243. The third-order valence-corrected chi connectivity index (χ3v) is 4.89. The van der Waals surface area contributed by atoms with E-state index in [0.29, 0.717) is 24.6 Å². The molecule has 144 valence electrons. The van der Waals surface area contributed by atoms with E-state index in [0.717, 1.165) is 24.8 Å². The fourth-order valence-corrected chi connectivity index (χ4v) is 3.57. The summed E-state index contributed by atoms with van der Waals surface area (Å²) in [6.07, 6.45) is 4.64. The number of oxazole rings is 1. The smallest absolute Gasteiger partial charge is 0.271 e. The molecule has 4 rings (SSSR count). The van der Waals surface area contributed by atoms with Crippen LogP contribution in [-0.4, -0.2) is 27.3 Å². The SMILES string of the molecule is O=C(c1cccc(=O)[nH]1)N1CCCC[C@@H]1c1ncc(Cc2cccc(F)c2)o1. The van der Waals surface area contributed by atoms with Crippen LogP contribution in [0.2, 0.25) is 0 Å². The van der Waals surface area contributed by atoms with Gasteiger partial charge in [-0.3, -0.25) is 9.59 Å². The largest absolute Gasteiger partial charge is 0.443 e. The molecule has 1 amide bonds. The molecule has 1 aromatic carbocycles. The summed E-state index contributed by atoms with van der Waals surface area (Å²) in [6, 6.07) is 10.6. The average molecular weight is 381 g/mol. The van der Waals surface area contributed by atoms with Gasteiger partial charge in [-0.25, -0.2) is 9.37 Å². The number of aromatic amines is 1. The van der Waals surface area contributed by atoms with Gasteiger partial charge >= 0.3 is 0 Å². The van der Waals surface area contributed by atoms with E-state index in [-0.39, 0.29) is 29.0 Å². The van der Waals surface area contributed by atoms with Crippen molar-refractivity contribution in [2.75, 3.05) is 6.54 Å². The number of nitrogens with one attached hydrogen (secondary N) is 1. The van der Waals surface area contributed by atoms with Crippen molar-refractivity contribution in [3.05, 3.63) is 87.7 Å². The molecule has 2 aromatic heterocycles. The Hall–Kier alpha value is -3.22. The highest BCUT2D eigenvalue weighted by molar-refractivity contribution is 5.92. The van der Waals surface area contributed by atoms with Crippen LogP contribution in [0.3, 0.4) is 0 Å². The first-order valence-electron chi connectivity index (χ1n) is 9.29. The van der Waals surface area contributed by atoms with Crippen LogP contribution in [0.1, 0.15) is 53.0 Å². The number of carbonyl (C=O) groups excluding carboxylic acids is 1. The summed E-state index contributed by atoms with van der Waals surface area (Å²) in [5.74, 6) is 0.551. The van der Waals surface area contributed by atoms with Crippen LogP contribution in [0, 0.1) is 5.82 Å². The van der Waals surface area contributed by atoms with E-state index in [2.05, 4.69) is 9.97 Å². The Labute approximate surface area is 161 Å². The van der Waals surface area contributed by atoms with Gasteiger partial charge in [0.25, 0.3) is 5.91 Å². The second kappa shape index (κ2) is 7.80. The molecule has 28 heavy (non-hydrogen) atoms. The average Bonchev–Trinajstić information content (AvgIpc) is 3.16. The summed E-state index contributed by atoms with van der Waals surface area (Å²) < 4.78 is 19.3. The number of halogens is 1. The van der Waals surface area contributed by atoms with Crippen molar-refractivity contribution >= 4 is 5.91 Å². The number of hydrogen-bond acceptors (Lipinski definition) is 4. The van der Waals surface area contributed by atoms with Gasteiger partial charge in [-0.1, -0.05) is 18.2 Å². The van der Waals surface area contributed by atoms with Crippen molar-refractivity contribution in [3.8, 4) is 0 Å². The van der Waals surface area contributed by atoms with Crippen LogP contribution >= 0.6 is 0 Å². The number of benzene rings is 1. The molecule has 0 aliphatic carbocycles. The van der Waals surface area contributed by atoms with Crippen molar-refractivity contribution in [1.82, 2.24) is 14.9 Å². The highest BCUT2D eigenvalue weighted by Gasteiger charge is 2.32. The quantitative estimate of drug-likeness (QED) is 0.751. The fourth-order valence-electron chi connectivity index (χ4n) is 3.57. The molecule has 6 nitrogen and oxygen atoms in total. The van der Waals surface area contributed by atoms with Gasteiger partial charge in [0.2, 0.25) is 11.4 Å². The lowest BCUT2D eigenvalue weighted by molar-refractivity contribution is 0.0563. The van der Waals surface area contributed by atoms with E-state index in [1.807, 2.05) is 6.07 Å². The highest BCUT2D eigenvalue weighted by atomic mass is 19.1. The molecule has 1 N–H and O–H groups in total. The van der Waals surface area contributed by atoms with Crippen LogP contribution in [0.25, 0.3) is 0 Å². The monoisotopic (exact) mass is 381 g/mol. The van der Waals surface area contributed by atoms with Crippen molar-refractivity contribution in [2.45, 2.75) is 31.7 Å². The van der Waals surface area contributed by atoms with Gasteiger partial charge in [0.05, 0.1) is 6.20 Å². The molecule has 0 bridgehead atoms. The number of pyridine rings is 1. The molecule has 0 spiro atoms. The second-order valence-electron chi connectivity index (χ2n) is 6.91. The second-order valence-corrected chi connectivity index (χ2v) is 6.91. The maximum absolute atomic E-state index is 13.4. The molecule has 1 saturated heterocycles. The molecule has 0 radical (unpaired) electrons. The Kier molecular flexibility index (Phi) is 5.06. The third kappa shape index (κ3) is 3.88. The van der Waals surface area contributed by atoms with Crippen molar-refractivity contribution in [1.29, 1.82) is 0 Å². The zero-order valence-electron chi connectivity index (χ0n) is 15.2. The molecule has 0 saturated carbocycles. The Morgan fingerprint density at radius 1 is 1.25 bits per heavy atom. The lowest BCUT2D eigenvalue weighted by Crippen LogP contribution is -2.39. The molecule has 1 aliphatic rings. The summed E-state index contributed by atoms with van der Waals surface area (Å²) in [6.45, 7) is 0.571. The minimum Gasteiger partial charge on any atom is -0.443 e. The number of H-pyrrole nitrogens is 1. The fraction of sp³-hybridized carbons (Fsp3) is 0.286. The lowest BCUT2D eigenvalue weighted by Gasteiger charge is -2.33. The zero-order chi connectivity index (χ0) is 19.5. The first-order chi connectivity index (χ1) is 13.6. The summed E-state index contributed by atoms with van der Waals surface area (Å²) in [7, 11) is 0. The van der Waals surface area contributed by atoms with Crippen LogP contribution in [-0.2, 0) is 6.42 Å². The number of amides is 1. The minimum atomic E-state index is -0.312. The van der Waals surface area contributed by atoms with E-state index in [9.17, 15) is 14.0 Å². The standard InChI is InChI=1S/C21H20FN3O3/c22-15-6-3-5-14(11-15)12-16-13-23-20(28-16)18-8-1-2-10-25(18)21(27)17-7-4-9-19(26)24-17/h3-7,9,11,13,18H,1-2,8,10,12H2,(H,24,26)/t18-/m1/s1. The molecule has 1 fully saturated rings.